The Morgan fingerprint density at radius 2 is 1.37 bits per heavy atom. The summed E-state index contributed by atoms with van der Waals surface area (Å²) in [5.41, 5.74) is 7.95. The number of anilines is 2. The molecule has 0 aliphatic heterocycles. The third-order valence-electron chi connectivity index (χ3n) is 6.40. The summed E-state index contributed by atoms with van der Waals surface area (Å²) in [5.74, 6) is 0.622. The van der Waals surface area contributed by atoms with Gasteiger partial charge in [-0.1, -0.05) is 60.7 Å². The van der Waals surface area contributed by atoms with Crippen LogP contribution >= 0.6 is 0 Å². The Bertz CT molecular complexity index is 1810. The number of fused-ring (bicyclic) bond motifs is 4. The van der Waals surface area contributed by atoms with Crippen molar-refractivity contribution in [3.8, 4) is 17.1 Å². The topological polar surface area (TPSA) is 43.0 Å². The largest absolute Gasteiger partial charge is 0.434 e. The summed E-state index contributed by atoms with van der Waals surface area (Å²) in [6.45, 7) is 0. The normalized spacial score (nSPS) is 11.4. The van der Waals surface area contributed by atoms with Gasteiger partial charge < -0.3 is 14.3 Å². The van der Waals surface area contributed by atoms with E-state index in [1.807, 2.05) is 54.6 Å². The van der Waals surface area contributed by atoms with Crippen molar-refractivity contribution in [2.24, 2.45) is 0 Å². The van der Waals surface area contributed by atoms with Crippen LogP contribution in [0.25, 0.3) is 50.0 Å². The van der Waals surface area contributed by atoms with Gasteiger partial charge in [-0.25, -0.2) is 4.98 Å². The summed E-state index contributed by atoms with van der Waals surface area (Å²) in [5, 5.41) is 5.99. The molecular weight excluding hydrogens is 430 g/mol. The molecule has 0 amide bonds. The van der Waals surface area contributed by atoms with Gasteiger partial charge in [0.2, 0.25) is 5.89 Å². The second kappa shape index (κ2) is 7.89. The SMILES string of the molecule is c1ccc(-c2nc3cccc(Nc4ccc5c(c4)c4ccccc4n5-c4ccccc4)c3o2)cc1. The highest BCUT2D eigenvalue weighted by Crippen LogP contribution is 2.36. The molecule has 7 aromatic rings. The first kappa shape index (κ1) is 19.6. The second-order valence-corrected chi connectivity index (χ2v) is 8.58. The van der Waals surface area contributed by atoms with E-state index in [0.29, 0.717) is 5.89 Å². The lowest BCUT2D eigenvalue weighted by molar-refractivity contribution is 0.621. The Hall–Kier alpha value is -4.83. The third-order valence-corrected chi connectivity index (χ3v) is 6.40. The molecule has 2 heterocycles. The van der Waals surface area contributed by atoms with Gasteiger partial charge in [0.05, 0.1) is 16.7 Å². The van der Waals surface area contributed by atoms with Crippen LogP contribution in [-0.4, -0.2) is 9.55 Å². The highest BCUT2D eigenvalue weighted by Gasteiger charge is 2.14. The zero-order valence-electron chi connectivity index (χ0n) is 18.8. The van der Waals surface area contributed by atoms with E-state index in [2.05, 4.69) is 76.6 Å². The number of rotatable bonds is 4. The molecule has 166 valence electrons. The van der Waals surface area contributed by atoms with Crippen LogP contribution in [0, 0.1) is 0 Å². The number of para-hydroxylation sites is 3. The Morgan fingerprint density at radius 3 is 2.23 bits per heavy atom. The molecule has 2 aromatic heterocycles. The summed E-state index contributed by atoms with van der Waals surface area (Å²) < 4.78 is 8.52. The van der Waals surface area contributed by atoms with Crippen LogP contribution in [0.15, 0.2) is 126 Å². The lowest BCUT2D eigenvalue weighted by Gasteiger charge is -2.09. The fourth-order valence-corrected chi connectivity index (χ4v) is 4.81. The Labute approximate surface area is 202 Å². The molecule has 5 aromatic carbocycles. The van der Waals surface area contributed by atoms with Gasteiger partial charge in [0, 0.05) is 27.7 Å². The van der Waals surface area contributed by atoms with Crippen LogP contribution in [0.2, 0.25) is 0 Å². The molecule has 4 heteroatoms. The summed E-state index contributed by atoms with van der Waals surface area (Å²) >= 11 is 0. The number of nitrogens with one attached hydrogen (secondary N) is 1. The molecule has 0 saturated heterocycles. The van der Waals surface area contributed by atoms with Gasteiger partial charge in [0.1, 0.15) is 5.52 Å². The van der Waals surface area contributed by atoms with Gasteiger partial charge in [-0.2, -0.15) is 0 Å². The average Bonchev–Trinajstić information content (AvgIpc) is 3.50. The maximum Gasteiger partial charge on any atom is 0.227 e. The third kappa shape index (κ3) is 3.27. The summed E-state index contributed by atoms with van der Waals surface area (Å²) in [7, 11) is 0. The maximum absolute atomic E-state index is 6.20. The van der Waals surface area contributed by atoms with Crippen molar-refractivity contribution in [2.45, 2.75) is 0 Å². The molecule has 0 aliphatic carbocycles. The first-order valence-corrected chi connectivity index (χ1v) is 11.7. The van der Waals surface area contributed by atoms with Crippen LogP contribution in [0.1, 0.15) is 0 Å². The van der Waals surface area contributed by atoms with E-state index in [1.54, 1.807) is 0 Å². The van der Waals surface area contributed by atoms with Crippen molar-refractivity contribution in [1.29, 1.82) is 0 Å². The zero-order valence-corrected chi connectivity index (χ0v) is 18.8. The van der Waals surface area contributed by atoms with Crippen LogP contribution in [0.4, 0.5) is 11.4 Å². The van der Waals surface area contributed by atoms with E-state index < -0.39 is 0 Å². The van der Waals surface area contributed by atoms with Crippen molar-refractivity contribution < 1.29 is 4.42 Å². The molecule has 0 unspecified atom stereocenters. The molecule has 1 N–H and O–H groups in total. The first-order chi connectivity index (χ1) is 17.3. The summed E-state index contributed by atoms with van der Waals surface area (Å²) in [6.07, 6.45) is 0. The van der Waals surface area contributed by atoms with E-state index in [9.17, 15) is 0 Å². The molecule has 7 rings (SSSR count). The minimum absolute atomic E-state index is 0.622. The van der Waals surface area contributed by atoms with E-state index in [-0.39, 0.29) is 0 Å². The summed E-state index contributed by atoms with van der Waals surface area (Å²) in [6, 6.07) is 41.6. The molecule has 0 aliphatic rings. The number of hydrogen-bond donors (Lipinski definition) is 1. The molecule has 4 nitrogen and oxygen atoms in total. The Kier molecular flexibility index (Phi) is 4.42. The van der Waals surface area contributed by atoms with Crippen molar-refractivity contribution in [3.05, 3.63) is 121 Å². The Morgan fingerprint density at radius 1 is 0.629 bits per heavy atom. The van der Waals surface area contributed by atoms with Gasteiger partial charge >= 0.3 is 0 Å². The van der Waals surface area contributed by atoms with Crippen LogP contribution < -0.4 is 5.32 Å². The Balaban J connectivity index is 1.35. The number of hydrogen-bond acceptors (Lipinski definition) is 3. The number of oxazole rings is 1. The summed E-state index contributed by atoms with van der Waals surface area (Å²) in [4.78, 5) is 4.70. The van der Waals surface area contributed by atoms with Gasteiger partial charge in [0.15, 0.2) is 5.58 Å². The molecule has 0 radical (unpaired) electrons. The maximum atomic E-state index is 6.20. The zero-order chi connectivity index (χ0) is 23.2. The molecule has 0 saturated carbocycles. The van der Waals surface area contributed by atoms with Crippen LogP contribution in [0.3, 0.4) is 0 Å². The smallest absolute Gasteiger partial charge is 0.227 e. The minimum Gasteiger partial charge on any atom is -0.434 e. The van der Waals surface area contributed by atoms with E-state index >= 15 is 0 Å². The number of benzene rings is 5. The molecule has 0 fully saturated rings. The fourth-order valence-electron chi connectivity index (χ4n) is 4.81. The van der Waals surface area contributed by atoms with Gasteiger partial charge in [-0.15, -0.1) is 0 Å². The van der Waals surface area contributed by atoms with Gasteiger partial charge in [-0.3, -0.25) is 0 Å². The van der Waals surface area contributed by atoms with E-state index in [1.165, 1.54) is 21.8 Å². The molecule has 35 heavy (non-hydrogen) atoms. The number of aromatic nitrogens is 2. The van der Waals surface area contributed by atoms with Crippen LogP contribution in [0.5, 0.6) is 0 Å². The lowest BCUT2D eigenvalue weighted by Crippen LogP contribution is -1.94. The first-order valence-electron chi connectivity index (χ1n) is 11.7. The van der Waals surface area contributed by atoms with Crippen molar-refractivity contribution in [3.63, 3.8) is 0 Å². The highest BCUT2D eigenvalue weighted by atomic mass is 16.3. The average molecular weight is 452 g/mol. The van der Waals surface area contributed by atoms with E-state index in [4.69, 9.17) is 9.40 Å². The van der Waals surface area contributed by atoms with Gasteiger partial charge in [-0.05, 0) is 60.7 Å². The minimum atomic E-state index is 0.622. The molecular formula is C31H21N3O. The molecule has 0 bridgehead atoms. The second-order valence-electron chi connectivity index (χ2n) is 8.58. The monoisotopic (exact) mass is 451 g/mol. The quantitative estimate of drug-likeness (QED) is 0.292. The van der Waals surface area contributed by atoms with Crippen molar-refractivity contribution >= 4 is 44.3 Å². The van der Waals surface area contributed by atoms with E-state index in [0.717, 1.165) is 33.7 Å². The predicted molar refractivity (Wildman–Crippen MR) is 144 cm³/mol. The van der Waals surface area contributed by atoms with Gasteiger partial charge in [0.25, 0.3) is 0 Å². The highest BCUT2D eigenvalue weighted by molar-refractivity contribution is 6.10. The van der Waals surface area contributed by atoms with Crippen molar-refractivity contribution in [2.75, 3.05) is 5.32 Å². The molecule has 0 atom stereocenters. The standard InChI is InChI=1S/C31H21N3O/c1-3-10-21(11-4-1)31-33-27-16-9-15-26(30(27)35-31)32-22-18-19-29-25(20-22)24-14-7-8-17-28(24)34(29)23-12-5-2-6-13-23/h1-20,32H. The number of nitrogens with zero attached hydrogens (tertiary/aromatic N) is 2. The lowest BCUT2D eigenvalue weighted by atomic mass is 10.1. The fraction of sp³-hybridized carbons (Fsp3) is 0. The molecule has 0 spiro atoms. The van der Waals surface area contributed by atoms with Crippen LogP contribution in [-0.2, 0) is 0 Å². The van der Waals surface area contributed by atoms with Crippen molar-refractivity contribution in [1.82, 2.24) is 9.55 Å². The predicted octanol–water partition coefficient (Wildman–Crippen LogP) is 8.34.